The van der Waals surface area contributed by atoms with Gasteiger partial charge in [-0.05, 0) is 68.3 Å². The number of unbranched alkanes of at least 4 members (excludes halogenated alkanes) is 2. The Labute approximate surface area is 198 Å². The summed E-state index contributed by atoms with van der Waals surface area (Å²) in [6.45, 7) is 6.17. The van der Waals surface area contributed by atoms with Crippen LogP contribution in [0.25, 0.3) is 0 Å². The Kier molecular flexibility index (Phi) is 9.18. The first-order chi connectivity index (χ1) is 16.1. The predicted octanol–water partition coefficient (Wildman–Crippen LogP) is 7.69. The van der Waals surface area contributed by atoms with Gasteiger partial charge in [0.15, 0.2) is 17.9 Å². The maximum atomic E-state index is 15.0. The third-order valence-electron chi connectivity index (χ3n) is 8.33. The molecular weight excluding hydrogens is 422 g/mol. The molecule has 0 aromatic heterocycles. The molecule has 0 N–H and O–H groups in total. The summed E-state index contributed by atoms with van der Waals surface area (Å²) in [4.78, 5) is 0. The second-order valence-electron chi connectivity index (χ2n) is 10.6. The van der Waals surface area contributed by atoms with E-state index >= 15 is 4.39 Å². The van der Waals surface area contributed by atoms with Gasteiger partial charge in [0, 0.05) is 18.1 Å². The average molecular weight is 465 g/mol. The fourth-order valence-corrected chi connectivity index (χ4v) is 5.98. The molecule has 5 heteroatoms. The van der Waals surface area contributed by atoms with Gasteiger partial charge in [-0.3, -0.25) is 0 Å². The van der Waals surface area contributed by atoms with E-state index in [0.717, 1.165) is 44.6 Å². The highest BCUT2D eigenvalue weighted by molar-refractivity contribution is 5.30. The van der Waals surface area contributed by atoms with Crippen LogP contribution in [0.1, 0.15) is 108 Å². The zero-order valence-electron chi connectivity index (χ0n) is 20.5. The van der Waals surface area contributed by atoms with E-state index < -0.39 is 17.9 Å². The number of halogens is 2. The first-order valence-corrected chi connectivity index (χ1v) is 13.4. The molecule has 2 saturated heterocycles. The quantitative estimate of drug-likeness (QED) is 0.369. The maximum Gasteiger partial charge on any atom is 0.186 e. The molecule has 1 aromatic rings. The topological polar surface area (TPSA) is 27.7 Å². The number of benzene rings is 1. The number of rotatable bonds is 8. The molecule has 1 saturated carbocycles. The van der Waals surface area contributed by atoms with E-state index in [1.807, 2.05) is 0 Å². The molecule has 0 amide bonds. The van der Waals surface area contributed by atoms with Gasteiger partial charge in [-0.1, -0.05) is 51.7 Å². The van der Waals surface area contributed by atoms with Gasteiger partial charge in [0.25, 0.3) is 0 Å². The van der Waals surface area contributed by atoms with Gasteiger partial charge in [0.05, 0.1) is 19.3 Å². The van der Waals surface area contributed by atoms with Crippen LogP contribution in [0.5, 0.6) is 0 Å². The summed E-state index contributed by atoms with van der Waals surface area (Å²) in [5.41, 5.74) is 0.695. The molecule has 4 rings (SSSR count). The number of hydrogen-bond acceptors (Lipinski definition) is 3. The van der Waals surface area contributed by atoms with Crippen LogP contribution in [0.3, 0.4) is 0 Å². The fourth-order valence-electron chi connectivity index (χ4n) is 5.98. The van der Waals surface area contributed by atoms with Gasteiger partial charge in [-0.15, -0.1) is 0 Å². The molecule has 0 radical (unpaired) electrons. The Hall–Kier alpha value is -1.04. The van der Waals surface area contributed by atoms with Crippen LogP contribution in [0, 0.1) is 29.4 Å². The van der Waals surface area contributed by atoms with Crippen molar-refractivity contribution in [1.29, 1.82) is 0 Å². The van der Waals surface area contributed by atoms with Crippen LogP contribution < -0.4 is 0 Å². The Bertz CT molecular complexity index is 731. The second kappa shape index (κ2) is 12.1. The second-order valence-corrected chi connectivity index (χ2v) is 10.6. The average Bonchev–Trinajstić information content (AvgIpc) is 2.86. The highest BCUT2D eigenvalue weighted by Gasteiger charge is 2.35. The molecule has 1 aromatic carbocycles. The lowest BCUT2D eigenvalue weighted by molar-refractivity contribution is -0.228. The Balaban J connectivity index is 1.28. The summed E-state index contributed by atoms with van der Waals surface area (Å²) in [6, 6.07) is 3.43. The molecule has 2 heterocycles. The van der Waals surface area contributed by atoms with Gasteiger partial charge in [-0.2, -0.15) is 0 Å². The molecule has 0 bridgehead atoms. The van der Waals surface area contributed by atoms with E-state index in [1.54, 1.807) is 12.1 Å². The molecule has 3 nitrogen and oxygen atoms in total. The van der Waals surface area contributed by atoms with Gasteiger partial charge >= 0.3 is 0 Å². The summed E-state index contributed by atoms with van der Waals surface area (Å²) in [6.07, 6.45) is 11.8. The third kappa shape index (κ3) is 6.15. The van der Waals surface area contributed by atoms with Crippen LogP contribution in [0.4, 0.5) is 8.78 Å². The maximum absolute atomic E-state index is 15.0. The van der Waals surface area contributed by atoms with Gasteiger partial charge in [-0.25, -0.2) is 8.78 Å². The van der Waals surface area contributed by atoms with Crippen LogP contribution in [0.15, 0.2) is 12.1 Å². The van der Waals surface area contributed by atoms with Crippen LogP contribution in [0.2, 0.25) is 0 Å². The summed E-state index contributed by atoms with van der Waals surface area (Å²) < 4.78 is 47.9. The SMILES string of the molecule is CCCCCC1CCC(C2COC(c3ccc(C4CCC(CC)CC4)c(F)c3F)OC2)OC1. The zero-order chi connectivity index (χ0) is 23.2. The molecule has 3 fully saturated rings. The molecule has 3 aliphatic rings. The molecule has 2 unspecified atom stereocenters. The Morgan fingerprint density at radius 2 is 1.42 bits per heavy atom. The fraction of sp³-hybridized carbons (Fsp3) is 0.786. The zero-order valence-corrected chi connectivity index (χ0v) is 20.5. The summed E-state index contributed by atoms with van der Waals surface area (Å²) in [5, 5.41) is 0. The van der Waals surface area contributed by atoms with Crippen molar-refractivity contribution in [2.24, 2.45) is 17.8 Å². The number of ether oxygens (including phenoxy) is 3. The minimum absolute atomic E-state index is 0.114. The Morgan fingerprint density at radius 3 is 2.06 bits per heavy atom. The first-order valence-electron chi connectivity index (χ1n) is 13.4. The molecule has 0 spiro atoms. The van der Waals surface area contributed by atoms with E-state index in [4.69, 9.17) is 14.2 Å². The van der Waals surface area contributed by atoms with Crippen molar-refractivity contribution in [2.45, 2.75) is 103 Å². The third-order valence-corrected chi connectivity index (χ3v) is 8.33. The van der Waals surface area contributed by atoms with Gasteiger partial charge < -0.3 is 14.2 Å². The first kappa shape index (κ1) is 25.1. The monoisotopic (exact) mass is 464 g/mol. The normalized spacial score (nSPS) is 33.2. The minimum atomic E-state index is -0.842. The predicted molar refractivity (Wildman–Crippen MR) is 126 cm³/mol. The van der Waals surface area contributed by atoms with E-state index in [0.29, 0.717) is 24.7 Å². The van der Waals surface area contributed by atoms with Crippen LogP contribution >= 0.6 is 0 Å². The largest absolute Gasteiger partial charge is 0.377 e. The van der Waals surface area contributed by atoms with Crippen molar-refractivity contribution in [1.82, 2.24) is 0 Å². The minimum Gasteiger partial charge on any atom is -0.377 e. The highest BCUT2D eigenvalue weighted by Crippen LogP contribution is 2.40. The van der Waals surface area contributed by atoms with Crippen molar-refractivity contribution in [3.63, 3.8) is 0 Å². The molecular formula is C28H42F2O3. The molecule has 33 heavy (non-hydrogen) atoms. The highest BCUT2D eigenvalue weighted by atomic mass is 19.2. The molecule has 186 valence electrons. The number of hydrogen-bond donors (Lipinski definition) is 0. The molecule has 2 atom stereocenters. The van der Waals surface area contributed by atoms with Gasteiger partial charge in [0.2, 0.25) is 0 Å². The van der Waals surface area contributed by atoms with Crippen molar-refractivity contribution in [3.05, 3.63) is 34.9 Å². The van der Waals surface area contributed by atoms with Crippen molar-refractivity contribution in [2.75, 3.05) is 19.8 Å². The van der Waals surface area contributed by atoms with E-state index in [-0.39, 0.29) is 23.5 Å². The van der Waals surface area contributed by atoms with Gasteiger partial charge in [0.1, 0.15) is 0 Å². The van der Waals surface area contributed by atoms with E-state index in [9.17, 15) is 4.39 Å². The lowest BCUT2D eigenvalue weighted by Crippen LogP contribution is -2.40. The van der Waals surface area contributed by atoms with Crippen molar-refractivity contribution in [3.8, 4) is 0 Å². The molecule has 2 aliphatic heterocycles. The van der Waals surface area contributed by atoms with E-state index in [2.05, 4.69) is 13.8 Å². The lowest BCUT2D eigenvalue weighted by atomic mass is 9.77. The van der Waals surface area contributed by atoms with Crippen molar-refractivity contribution >= 4 is 0 Å². The van der Waals surface area contributed by atoms with Crippen molar-refractivity contribution < 1.29 is 23.0 Å². The summed E-state index contributed by atoms with van der Waals surface area (Å²) >= 11 is 0. The standard InChI is InChI=1S/C28H42F2O3/c1-3-5-6-7-20-10-15-25(31-16-20)22-17-32-28(33-18-22)24-14-13-23(26(29)27(24)30)21-11-8-19(4-2)9-12-21/h13-14,19-22,25,28H,3-12,15-18H2,1-2H3. The lowest BCUT2D eigenvalue weighted by Gasteiger charge is -2.38. The van der Waals surface area contributed by atoms with Crippen LogP contribution in [-0.2, 0) is 14.2 Å². The summed E-state index contributed by atoms with van der Waals surface area (Å²) in [7, 11) is 0. The van der Waals surface area contributed by atoms with Crippen LogP contribution in [-0.4, -0.2) is 25.9 Å². The smallest absolute Gasteiger partial charge is 0.186 e. The van der Waals surface area contributed by atoms with E-state index in [1.165, 1.54) is 38.5 Å². The summed E-state index contributed by atoms with van der Waals surface area (Å²) in [5.74, 6) is 0.134. The molecule has 1 aliphatic carbocycles. The Morgan fingerprint density at radius 1 is 0.758 bits per heavy atom.